The van der Waals surface area contributed by atoms with Crippen LogP contribution in [-0.4, -0.2) is 48.4 Å². The lowest BCUT2D eigenvalue weighted by atomic mass is 10.2. The van der Waals surface area contributed by atoms with Crippen LogP contribution in [0.1, 0.15) is 26.2 Å². The van der Waals surface area contributed by atoms with Gasteiger partial charge in [-0.1, -0.05) is 0 Å². The summed E-state index contributed by atoms with van der Waals surface area (Å²) >= 11 is 0. The van der Waals surface area contributed by atoms with E-state index in [2.05, 4.69) is 10.6 Å². The lowest BCUT2D eigenvalue weighted by Crippen LogP contribution is -2.43. The number of nitrogens with one attached hydrogen (secondary N) is 2. The molecule has 0 spiro atoms. The molecular weight excluding hydrogens is 206 g/mol. The first kappa shape index (κ1) is 11.4. The van der Waals surface area contributed by atoms with Crippen molar-refractivity contribution in [1.29, 1.82) is 0 Å². The molecule has 2 rings (SSSR count). The zero-order valence-electron chi connectivity index (χ0n) is 9.66. The van der Waals surface area contributed by atoms with Gasteiger partial charge in [-0.15, -0.1) is 0 Å². The maximum Gasteiger partial charge on any atom is 0.236 e. The van der Waals surface area contributed by atoms with Crippen molar-refractivity contribution in [2.45, 2.75) is 38.3 Å². The molecule has 1 atom stereocenters. The van der Waals surface area contributed by atoms with Crippen LogP contribution in [0.4, 0.5) is 0 Å². The molecule has 90 valence electrons. The summed E-state index contributed by atoms with van der Waals surface area (Å²) in [7, 11) is 0. The molecule has 1 aliphatic carbocycles. The average Bonchev–Trinajstić information content (AvgIpc) is 3.00. The number of hydrogen-bond acceptors (Lipinski definition) is 3. The summed E-state index contributed by atoms with van der Waals surface area (Å²) in [5, 5.41) is 5.88. The highest BCUT2D eigenvalue weighted by Crippen LogP contribution is 2.26. The normalized spacial score (nSPS) is 24.3. The van der Waals surface area contributed by atoms with Crippen LogP contribution in [0.3, 0.4) is 0 Å². The van der Waals surface area contributed by atoms with Gasteiger partial charge in [-0.2, -0.15) is 0 Å². The first-order valence-corrected chi connectivity index (χ1v) is 6.00. The van der Waals surface area contributed by atoms with Crippen LogP contribution >= 0.6 is 0 Å². The Morgan fingerprint density at radius 1 is 1.56 bits per heavy atom. The van der Waals surface area contributed by atoms with Gasteiger partial charge in [-0.3, -0.25) is 9.59 Å². The number of hydrogen-bond donors (Lipinski definition) is 2. The third kappa shape index (κ3) is 2.72. The minimum absolute atomic E-state index is 0.0690. The molecule has 16 heavy (non-hydrogen) atoms. The fourth-order valence-electron chi connectivity index (χ4n) is 2.11. The fourth-order valence-corrected chi connectivity index (χ4v) is 2.11. The Morgan fingerprint density at radius 2 is 2.31 bits per heavy atom. The summed E-state index contributed by atoms with van der Waals surface area (Å²) in [4.78, 5) is 24.7. The number of rotatable bonds is 5. The van der Waals surface area contributed by atoms with Crippen molar-refractivity contribution in [2.75, 3.05) is 19.6 Å². The van der Waals surface area contributed by atoms with Crippen LogP contribution in [0.15, 0.2) is 0 Å². The highest BCUT2D eigenvalue weighted by atomic mass is 16.2. The van der Waals surface area contributed by atoms with E-state index in [0.717, 1.165) is 19.4 Å². The standard InChI is InChI=1S/C11H19N3O2/c1-2-14(9-3-4-9)11(16)7-12-8-5-10(15)13-6-8/h8-9,12H,2-7H2,1H3,(H,13,15). The van der Waals surface area contributed by atoms with Crippen molar-refractivity contribution in [2.24, 2.45) is 0 Å². The van der Waals surface area contributed by atoms with E-state index in [-0.39, 0.29) is 17.9 Å². The largest absolute Gasteiger partial charge is 0.354 e. The van der Waals surface area contributed by atoms with Gasteiger partial charge < -0.3 is 15.5 Å². The molecule has 1 heterocycles. The second-order valence-corrected chi connectivity index (χ2v) is 4.50. The number of amides is 2. The predicted octanol–water partition coefficient (Wildman–Crippen LogP) is -0.525. The molecule has 2 aliphatic rings. The van der Waals surface area contributed by atoms with E-state index < -0.39 is 0 Å². The fraction of sp³-hybridized carbons (Fsp3) is 0.818. The molecule has 1 saturated heterocycles. The van der Waals surface area contributed by atoms with Gasteiger partial charge in [-0.25, -0.2) is 0 Å². The summed E-state index contributed by atoms with van der Waals surface area (Å²) in [6.07, 6.45) is 2.77. The summed E-state index contributed by atoms with van der Waals surface area (Å²) < 4.78 is 0. The summed E-state index contributed by atoms with van der Waals surface area (Å²) in [6, 6.07) is 0.594. The smallest absolute Gasteiger partial charge is 0.236 e. The van der Waals surface area contributed by atoms with Crippen LogP contribution in [0.5, 0.6) is 0 Å². The van der Waals surface area contributed by atoms with Gasteiger partial charge in [0.25, 0.3) is 0 Å². The lowest BCUT2D eigenvalue weighted by molar-refractivity contribution is -0.130. The molecule has 2 amide bonds. The van der Waals surface area contributed by atoms with E-state index in [1.54, 1.807) is 0 Å². The second-order valence-electron chi connectivity index (χ2n) is 4.50. The predicted molar refractivity (Wildman–Crippen MR) is 59.8 cm³/mol. The molecule has 2 fully saturated rings. The maximum atomic E-state index is 11.9. The molecule has 1 aliphatic heterocycles. The van der Waals surface area contributed by atoms with Gasteiger partial charge in [0.15, 0.2) is 0 Å². The van der Waals surface area contributed by atoms with Gasteiger partial charge in [0.05, 0.1) is 6.54 Å². The van der Waals surface area contributed by atoms with Crippen molar-refractivity contribution in [3.63, 3.8) is 0 Å². The number of nitrogens with zero attached hydrogens (tertiary/aromatic N) is 1. The Bertz CT molecular complexity index is 289. The van der Waals surface area contributed by atoms with Crippen LogP contribution in [-0.2, 0) is 9.59 Å². The monoisotopic (exact) mass is 225 g/mol. The summed E-state index contributed by atoms with van der Waals surface area (Å²) in [5.74, 6) is 0.226. The molecule has 5 nitrogen and oxygen atoms in total. The van der Waals surface area contributed by atoms with Crippen molar-refractivity contribution in [3.05, 3.63) is 0 Å². The van der Waals surface area contributed by atoms with Crippen molar-refractivity contribution in [1.82, 2.24) is 15.5 Å². The molecule has 0 radical (unpaired) electrons. The average molecular weight is 225 g/mol. The molecule has 0 bridgehead atoms. The van der Waals surface area contributed by atoms with E-state index in [9.17, 15) is 9.59 Å². The Kier molecular flexibility index (Phi) is 3.43. The highest BCUT2D eigenvalue weighted by Gasteiger charge is 2.31. The first-order valence-electron chi connectivity index (χ1n) is 6.00. The van der Waals surface area contributed by atoms with Gasteiger partial charge >= 0.3 is 0 Å². The van der Waals surface area contributed by atoms with Gasteiger partial charge in [0.2, 0.25) is 11.8 Å². The van der Waals surface area contributed by atoms with Crippen LogP contribution in [0.2, 0.25) is 0 Å². The topological polar surface area (TPSA) is 61.4 Å². The van der Waals surface area contributed by atoms with Gasteiger partial charge in [0.1, 0.15) is 0 Å². The minimum Gasteiger partial charge on any atom is -0.354 e. The molecular formula is C11H19N3O2. The van der Waals surface area contributed by atoms with E-state index in [1.807, 2.05) is 11.8 Å². The van der Waals surface area contributed by atoms with E-state index in [1.165, 1.54) is 0 Å². The zero-order chi connectivity index (χ0) is 11.5. The van der Waals surface area contributed by atoms with Crippen molar-refractivity contribution >= 4 is 11.8 Å². The minimum atomic E-state index is 0.0690. The number of likely N-dealkylation sites (N-methyl/N-ethyl adjacent to an activating group) is 1. The molecule has 5 heteroatoms. The molecule has 1 saturated carbocycles. The Hall–Kier alpha value is -1.10. The quantitative estimate of drug-likeness (QED) is 0.661. The molecule has 0 aromatic heterocycles. The zero-order valence-corrected chi connectivity index (χ0v) is 9.66. The van der Waals surface area contributed by atoms with E-state index >= 15 is 0 Å². The van der Waals surface area contributed by atoms with Crippen LogP contribution in [0, 0.1) is 0 Å². The molecule has 1 unspecified atom stereocenters. The molecule has 2 N–H and O–H groups in total. The summed E-state index contributed by atoms with van der Waals surface area (Å²) in [5.41, 5.74) is 0. The van der Waals surface area contributed by atoms with E-state index in [4.69, 9.17) is 0 Å². The lowest BCUT2D eigenvalue weighted by Gasteiger charge is -2.21. The van der Waals surface area contributed by atoms with Crippen molar-refractivity contribution < 1.29 is 9.59 Å². The SMILES string of the molecule is CCN(C(=O)CNC1CNC(=O)C1)C1CC1. The van der Waals surface area contributed by atoms with Gasteiger partial charge in [-0.05, 0) is 19.8 Å². The Balaban J connectivity index is 1.72. The maximum absolute atomic E-state index is 11.9. The van der Waals surface area contributed by atoms with Crippen LogP contribution in [0.25, 0.3) is 0 Å². The number of carbonyl (C=O) groups is 2. The van der Waals surface area contributed by atoms with Gasteiger partial charge in [0, 0.05) is 31.6 Å². The van der Waals surface area contributed by atoms with E-state index in [0.29, 0.717) is 25.6 Å². The first-order chi connectivity index (χ1) is 7.70. The number of carbonyl (C=O) groups excluding carboxylic acids is 2. The Morgan fingerprint density at radius 3 is 2.81 bits per heavy atom. The highest BCUT2D eigenvalue weighted by molar-refractivity contribution is 5.80. The third-order valence-electron chi connectivity index (χ3n) is 3.17. The third-order valence-corrected chi connectivity index (χ3v) is 3.17. The van der Waals surface area contributed by atoms with Crippen molar-refractivity contribution in [3.8, 4) is 0 Å². The molecule has 0 aromatic carbocycles. The summed E-state index contributed by atoms with van der Waals surface area (Å²) in [6.45, 7) is 3.79. The molecule has 0 aromatic rings. The van der Waals surface area contributed by atoms with Crippen LogP contribution < -0.4 is 10.6 Å². The second kappa shape index (κ2) is 4.82. The Labute approximate surface area is 95.6 Å².